The van der Waals surface area contributed by atoms with Gasteiger partial charge < -0.3 is 14.6 Å². The zero-order valence-corrected chi connectivity index (χ0v) is 10.6. The Morgan fingerprint density at radius 2 is 2.21 bits per heavy atom. The maximum absolute atomic E-state index is 11.0. The molecule has 1 N–H and O–H groups in total. The van der Waals surface area contributed by atoms with Crippen LogP contribution in [0.25, 0.3) is 0 Å². The van der Waals surface area contributed by atoms with Crippen LogP contribution in [0.2, 0.25) is 0 Å². The van der Waals surface area contributed by atoms with E-state index in [1.807, 2.05) is 12.1 Å². The molecule has 5 heteroatoms. The van der Waals surface area contributed by atoms with E-state index in [-0.39, 0.29) is 6.04 Å². The molecule has 1 aromatic rings. The molecule has 0 bridgehead atoms. The molecule has 3 rings (SSSR count). The molecule has 2 heterocycles. The fourth-order valence-electron chi connectivity index (χ4n) is 2.76. The van der Waals surface area contributed by atoms with Crippen LogP contribution in [-0.2, 0) is 20.9 Å². The van der Waals surface area contributed by atoms with Crippen molar-refractivity contribution in [1.82, 2.24) is 4.90 Å². The first kappa shape index (κ1) is 12.6. The Bertz CT molecular complexity index is 476. The van der Waals surface area contributed by atoms with E-state index < -0.39 is 12.1 Å². The lowest BCUT2D eigenvalue weighted by Gasteiger charge is -2.39. The summed E-state index contributed by atoms with van der Waals surface area (Å²) >= 11 is 0. The molecular weight excluding hydrogens is 246 g/mol. The third-order valence-electron chi connectivity index (χ3n) is 3.76. The van der Waals surface area contributed by atoms with Crippen molar-refractivity contribution in [2.45, 2.75) is 18.8 Å². The first-order chi connectivity index (χ1) is 9.25. The normalized spacial score (nSPS) is 27.8. The third-order valence-corrected chi connectivity index (χ3v) is 3.76. The molecule has 19 heavy (non-hydrogen) atoms. The van der Waals surface area contributed by atoms with Gasteiger partial charge in [0.2, 0.25) is 0 Å². The van der Waals surface area contributed by atoms with E-state index in [2.05, 4.69) is 17.0 Å². The van der Waals surface area contributed by atoms with Crippen molar-refractivity contribution in [2.75, 3.05) is 26.3 Å². The monoisotopic (exact) mass is 263 g/mol. The number of hydrogen-bond donors (Lipinski definition) is 1. The van der Waals surface area contributed by atoms with Crippen molar-refractivity contribution in [3.63, 3.8) is 0 Å². The first-order valence-electron chi connectivity index (χ1n) is 6.49. The number of benzene rings is 1. The molecule has 1 aromatic carbocycles. The van der Waals surface area contributed by atoms with Crippen LogP contribution in [0.1, 0.15) is 17.2 Å². The van der Waals surface area contributed by atoms with Gasteiger partial charge in [-0.3, -0.25) is 4.90 Å². The number of aliphatic carboxylic acids is 1. The van der Waals surface area contributed by atoms with Gasteiger partial charge in [0, 0.05) is 13.1 Å². The molecule has 0 saturated carbocycles. The maximum Gasteiger partial charge on any atom is 0.334 e. The minimum absolute atomic E-state index is 0.135. The Balaban J connectivity index is 1.81. The molecule has 1 saturated heterocycles. The summed E-state index contributed by atoms with van der Waals surface area (Å²) < 4.78 is 10.9. The summed E-state index contributed by atoms with van der Waals surface area (Å²) in [6.45, 7) is 2.86. The molecule has 2 atom stereocenters. The van der Waals surface area contributed by atoms with Gasteiger partial charge in [-0.25, -0.2) is 4.79 Å². The van der Waals surface area contributed by atoms with Crippen LogP contribution >= 0.6 is 0 Å². The number of morpholine rings is 1. The van der Waals surface area contributed by atoms with Gasteiger partial charge in [-0.15, -0.1) is 0 Å². The Morgan fingerprint density at radius 3 is 3.05 bits per heavy atom. The molecule has 2 aliphatic heterocycles. The molecule has 2 unspecified atom stereocenters. The van der Waals surface area contributed by atoms with E-state index in [0.717, 1.165) is 6.54 Å². The zero-order chi connectivity index (χ0) is 13.2. The fourth-order valence-corrected chi connectivity index (χ4v) is 2.76. The van der Waals surface area contributed by atoms with E-state index in [1.54, 1.807) is 0 Å². The van der Waals surface area contributed by atoms with Crippen molar-refractivity contribution >= 4 is 5.97 Å². The van der Waals surface area contributed by atoms with Crippen LogP contribution in [0.4, 0.5) is 0 Å². The van der Waals surface area contributed by atoms with Gasteiger partial charge in [0.15, 0.2) is 6.10 Å². The highest BCUT2D eigenvalue weighted by atomic mass is 16.5. The number of fused-ring (bicyclic) bond motifs is 1. The SMILES string of the molecule is O=C(O)C1CN(C2COCc3ccccc32)CCO1. The lowest BCUT2D eigenvalue weighted by atomic mass is 9.97. The highest BCUT2D eigenvalue weighted by Crippen LogP contribution is 2.30. The average Bonchev–Trinajstić information content (AvgIpc) is 2.47. The summed E-state index contributed by atoms with van der Waals surface area (Å²) in [4.78, 5) is 13.2. The average molecular weight is 263 g/mol. The topological polar surface area (TPSA) is 59.0 Å². The minimum atomic E-state index is -0.894. The van der Waals surface area contributed by atoms with Gasteiger partial charge in [-0.2, -0.15) is 0 Å². The smallest absolute Gasteiger partial charge is 0.334 e. The summed E-state index contributed by atoms with van der Waals surface area (Å²) in [6.07, 6.45) is -0.733. The van der Waals surface area contributed by atoms with Gasteiger partial charge in [0.1, 0.15) is 0 Å². The molecule has 0 amide bonds. The van der Waals surface area contributed by atoms with E-state index >= 15 is 0 Å². The molecule has 1 fully saturated rings. The summed E-state index contributed by atoms with van der Waals surface area (Å²) in [5, 5.41) is 9.07. The molecule has 5 nitrogen and oxygen atoms in total. The van der Waals surface area contributed by atoms with E-state index in [9.17, 15) is 4.79 Å². The zero-order valence-electron chi connectivity index (χ0n) is 10.6. The Kier molecular flexibility index (Phi) is 3.50. The van der Waals surface area contributed by atoms with E-state index in [1.165, 1.54) is 11.1 Å². The van der Waals surface area contributed by atoms with Crippen LogP contribution in [0.15, 0.2) is 24.3 Å². The van der Waals surface area contributed by atoms with E-state index in [4.69, 9.17) is 14.6 Å². The largest absolute Gasteiger partial charge is 0.479 e. The van der Waals surface area contributed by atoms with Gasteiger partial charge in [-0.1, -0.05) is 24.3 Å². The highest BCUT2D eigenvalue weighted by Gasteiger charge is 2.33. The van der Waals surface area contributed by atoms with Crippen molar-refractivity contribution in [3.05, 3.63) is 35.4 Å². The summed E-state index contributed by atoms with van der Waals surface area (Å²) in [5.41, 5.74) is 2.44. The molecule has 0 radical (unpaired) electrons. The number of ether oxygens (including phenoxy) is 2. The maximum atomic E-state index is 11.0. The number of carbonyl (C=O) groups is 1. The predicted octanol–water partition coefficient (Wildman–Crippen LogP) is 1.04. The molecule has 0 spiro atoms. The third kappa shape index (κ3) is 2.49. The summed E-state index contributed by atoms with van der Waals surface area (Å²) in [6, 6.07) is 8.33. The lowest BCUT2D eigenvalue weighted by Crippen LogP contribution is -2.49. The van der Waals surface area contributed by atoms with E-state index in [0.29, 0.717) is 26.4 Å². The van der Waals surface area contributed by atoms with Crippen LogP contribution in [-0.4, -0.2) is 48.4 Å². The number of carboxylic acid groups (broad SMARTS) is 1. The van der Waals surface area contributed by atoms with Gasteiger partial charge in [0.05, 0.1) is 25.9 Å². The molecular formula is C14H17NO4. The Morgan fingerprint density at radius 1 is 1.37 bits per heavy atom. The molecule has 0 aliphatic carbocycles. The van der Waals surface area contributed by atoms with Crippen LogP contribution in [0, 0.1) is 0 Å². The number of hydrogen-bond acceptors (Lipinski definition) is 4. The number of carboxylic acids is 1. The molecule has 102 valence electrons. The lowest BCUT2D eigenvalue weighted by molar-refractivity contribution is -0.158. The second-order valence-electron chi connectivity index (χ2n) is 4.92. The first-order valence-corrected chi connectivity index (χ1v) is 6.49. The van der Waals surface area contributed by atoms with Crippen molar-refractivity contribution < 1.29 is 19.4 Å². The quantitative estimate of drug-likeness (QED) is 0.864. The Hall–Kier alpha value is -1.43. The number of rotatable bonds is 2. The van der Waals surface area contributed by atoms with Gasteiger partial charge >= 0.3 is 5.97 Å². The minimum Gasteiger partial charge on any atom is -0.479 e. The van der Waals surface area contributed by atoms with Crippen LogP contribution in [0.3, 0.4) is 0 Å². The van der Waals surface area contributed by atoms with Crippen molar-refractivity contribution in [2.24, 2.45) is 0 Å². The van der Waals surface area contributed by atoms with Gasteiger partial charge in [0.25, 0.3) is 0 Å². The summed E-state index contributed by atoms with van der Waals surface area (Å²) in [7, 11) is 0. The fraction of sp³-hybridized carbons (Fsp3) is 0.500. The second-order valence-corrected chi connectivity index (χ2v) is 4.92. The Labute approximate surface area is 111 Å². The highest BCUT2D eigenvalue weighted by molar-refractivity contribution is 5.72. The standard InChI is InChI=1S/C14H17NO4/c16-14(17)13-7-15(5-6-19-13)12-9-18-8-10-3-1-2-4-11(10)12/h1-4,12-13H,5-9H2,(H,16,17). The molecule has 2 aliphatic rings. The second kappa shape index (κ2) is 5.28. The predicted molar refractivity (Wildman–Crippen MR) is 67.8 cm³/mol. The number of nitrogens with zero attached hydrogens (tertiary/aromatic N) is 1. The summed E-state index contributed by atoms with van der Waals surface area (Å²) in [5.74, 6) is -0.894. The van der Waals surface area contributed by atoms with Gasteiger partial charge in [-0.05, 0) is 11.1 Å². The molecule has 0 aromatic heterocycles. The van der Waals surface area contributed by atoms with Crippen LogP contribution in [0.5, 0.6) is 0 Å². The van der Waals surface area contributed by atoms with Crippen LogP contribution < -0.4 is 0 Å². The van der Waals surface area contributed by atoms with Crippen molar-refractivity contribution in [3.8, 4) is 0 Å². The van der Waals surface area contributed by atoms with Crippen molar-refractivity contribution in [1.29, 1.82) is 0 Å².